The van der Waals surface area contributed by atoms with Gasteiger partial charge in [-0.1, -0.05) is 24.3 Å². The summed E-state index contributed by atoms with van der Waals surface area (Å²) in [7, 11) is 0. The van der Waals surface area contributed by atoms with Crippen LogP contribution in [0.15, 0.2) is 24.3 Å². The van der Waals surface area contributed by atoms with Gasteiger partial charge in [0.2, 0.25) is 0 Å². The number of aryl methyl sites for hydroxylation is 1. The number of nitrogens with zero attached hydrogens (tertiary/aromatic N) is 1. The molecule has 0 saturated carbocycles. The molecule has 0 spiro atoms. The average Bonchev–Trinajstić information content (AvgIpc) is 2.49. The predicted molar refractivity (Wildman–Crippen MR) is 78.6 cm³/mol. The van der Waals surface area contributed by atoms with Gasteiger partial charge in [0.15, 0.2) is 0 Å². The Labute approximate surface area is 116 Å². The maximum absolute atomic E-state index is 5.47. The number of likely N-dealkylation sites (tertiary alicyclic amines) is 1. The van der Waals surface area contributed by atoms with Crippen molar-refractivity contribution in [3.63, 3.8) is 0 Å². The van der Waals surface area contributed by atoms with Crippen molar-refractivity contribution < 1.29 is 4.74 Å². The SMILES string of the molecule is Cc1ccccc1C1CCN(C2CCOCC2)CC1. The highest BCUT2D eigenvalue weighted by molar-refractivity contribution is 5.29. The number of ether oxygens (including phenoxy) is 1. The standard InChI is InChI=1S/C17H25NO/c1-14-4-2-3-5-17(14)15-6-10-18(11-7-15)16-8-12-19-13-9-16/h2-5,15-16H,6-13H2,1H3. The summed E-state index contributed by atoms with van der Waals surface area (Å²) in [5.74, 6) is 0.775. The van der Waals surface area contributed by atoms with Crippen molar-refractivity contribution in [2.45, 2.75) is 44.6 Å². The minimum atomic E-state index is 0.775. The molecule has 0 N–H and O–H groups in total. The zero-order chi connectivity index (χ0) is 13.1. The zero-order valence-electron chi connectivity index (χ0n) is 12.0. The second kappa shape index (κ2) is 6.06. The Kier molecular flexibility index (Phi) is 4.19. The van der Waals surface area contributed by atoms with Gasteiger partial charge < -0.3 is 9.64 Å². The molecule has 2 aliphatic rings. The second-order valence-electron chi connectivity index (χ2n) is 6.01. The quantitative estimate of drug-likeness (QED) is 0.807. The number of hydrogen-bond acceptors (Lipinski definition) is 2. The van der Waals surface area contributed by atoms with Crippen LogP contribution in [-0.4, -0.2) is 37.2 Å². The first kappa shape index (κ1) is 13.1. The highest BCUT2D eigenvalue weighted by Gasteiger charge is 2.27. The molecule has 2 saturated heterocycles. The molecule has 2 fully saturated rings. The molecule has 3 rings (SSSR count). The molecule has 2 nitrogen and oxygen atoms in total. The molecule has 0 unspecified atom stereocenters. The molecule has 2 heterocycles. The molecule has 1 aromatic carbocycles. The van der Waals surface area contributed by atoms with Gasteiger partial charge >= 0.3 is 0 Å². The Morgan fingerprint density at radius 2 is 1.68 bits per heavy atom. The van der Waals surface area contributed by atoms with Gasteiger partial charge in [-0.2, -0.15) is 0 Å². The van der Waals surface area contributed by atoms with Crippen LogP contribution in [-0.2, 0) is 4.74 Å². The molecule has 0 atom stereocenters. The lowest BCUT2D eigenvalue weighted by molar-refractivity contribution is 0.0251. The van der Waals surface area contributed by atoms with E-state index in [1.807, 2.05) is 0 Å². The molecule has 19 heavy (non-hydrogen) atoms. The molecule has 0 radical (unpaired) electrons. The highest BCUT2D eigenvalue weighted by Crippen LogP contribution is 2.31. The van der Waals surface area contributed by atoms with Gasteiger partial charge in [-0.3, -0.25) is 0 Å². The number of hydrogen-bond donors (Lipinski definition) is 0. The van der Waals surface area contributed by atoms with E-state index in [0.29, 0.717) is 0 Å². The second-order valence-corrected chi connectivity index (χ2v) is 6.01. The first-order valence-corrected chi connectivity index (χ1v) is 7.72. The monoisotopic (exact) mass is 259 g/mol. The van der Waals surface area contributed by atoms with Gasteiger partial charge in [0.05, 0.1) is 0 Å². The summed E-state index contributed by atoms with van der Waals surface area (Å²) in [4.78, 5) is 2.71. The van der Waals surface area contributed by atoms with Gasteiger partial charge in [-0.25, -0.2) is 0 Å². The van der Waals surface area contributed by atoms with E-state index in [4.69, 9.17) is 4.74 Å². The Balaban J connectivity index is 1.58. The largest absolute Gasteiger partial charge is 0.381 e. The molecule has 0 amide bonds. The normalized spacial score (nSPS) is 23.6. The van der Waals surface area contributed by atoms with Crippen LogP contribution in [0.4, 0.5) is 0 Å². The van der Waals surface area contributed by atoms with Gasteiger partial charge in [-0.05, 0) is 62.7 Å². The fourth-order valence-corrected chi connectivity index (χ4v) is 3.67. The van der Waals surface area contributed by atoms with E-state index in [-0.39, 0.29) is 0 Å². The Bertz CT molecular complexity index is 403. The summed E-state index contributed by atoms with van der Waals surface area (Å²) in [5, 5.41) is 0. The van der Waals surface area contributed by atoms with Crippen LogP contribution in [0.5, 0.6) is 0 Å². The lowest BCUT2D eigenvalue weighted by Crippen LogP contribution is -2.43. The van der Waals surface area contributed by atoms with E-state index >= 15 is 0 Å². The van der Waals surface area contributed by atoms with Crippen LogP contribution in [0.1, 0.15) is 42.7 Å². The lowest BCUT2D eigenvalue weighted by Gasteiger charge is -2.39. The highest BCUT2D eigenvalue weighted by atomic mass is 16.5. The summed E-state index contributed by atoms with van der Waals surface area (Å²) in [6.45, 7) is 6.71. The van der Waals surface area contributed by atoms with E-state index in [2.05, 4.69) is 36.1 Å². The number of piperidine rings is 1. The molecular formula is C17H25NO. The first-order chi connectivity index (χ1) is 9.34. The summed E-state index contributed by atoms with van der Waals surface area (Å²) < 4.78 is 5.47. The van der Waals surface area contributed by atoms with Crippen LogP contribution in [0, 0.1) is 6.92 Å². The van der Waals surface area contributed by atoms with Crippen molar-refractivity contribution in [3.05, 3.63) is 35.4 Å². The van der Waals surface area contributed by atoms with E-state index in [9.17, 15) is 0 Å². The Hall–Kier alpha value is -0.860. The average molecular weight is 259 g/mol. The van der Waals surface area contributed by atoms with Gasteiger partial charge in [0, 0.05) is 19.3 Å². The van der Waals surface area contributed by atoms with E-state index in [1.165, 1.54) is 44.3 Å². The van der Waals surface area contributed by atoms with Gasteiger partial charge in [-0.15, -0.1) is 0 Å². The smallest absolute Gasteiger partial charge is 0.0480 e. The summed E-state index contributed by atoms with van der Waals surface area (Å²) in [5.41, 5.74) is 3.04. The van der Waals surface area contributed by atoms with Crippen LogP contribution in [0.3, 0.4) is 0 Å². The summed E-state index contributed by atoms with van der Waals surface area (Å²) >= 11 is 0. The molecule has 2 heteroatoms. The van der Waals surface area contributed by atoms with Crippen molar-refractivity contribution in [3.8, 4) is 0 Å². The topological polar surface area (TPSA) is 12.5 Å². The van der Waals surface area contributed by atoms with Crippen molar-refractivity contribution in [1.29, 1.82) is 0 Å². The van der Waals surface area contributed by atoms with Crippen molar-refractivity contribution in [1.82, 2.24) is 4.90 Å². The van der Waals surface area contributed by atoms with Gasteiger partial charge in [0.1, 0.15) is 0 Å². The van der Waals surface area contributed by atoms with Crippen LogP contribution in [0.25, 0.3) is 0 Å². The zero-order valence-corrected chi connectivity index (χ0v) is 12.0. The molecule has 0 bridgehead atoms. The third kappa shape index (κ3) is 3.01. The van der Waals surface area contributed by atoms with Crippen molar-refractivity contribution in [2.24, 2.45) is 0 Å². The third-order valence-electron chi connectivity index (χ3n) is 4.87. The fourth-order valence-electron chi connectivity index (χ4n) is 3.67. The fraction of sp³-hybridized carbons (Fsp3) is 0.647. The van der Waals surface area contributed by atoms with E-state index in [1.54, 1.807) is 5.56 Å². The Morgan fingerprint density at radius 3 is 2.37 bits per heavy atom. The van der Waals surface area contributed by atoms with E-state index < -0.39 is 0 Å². The molecule has 104 valence electrons. The number of benzene rings is 1. The number of rotatable bonds is 2. The van der Waals surface area contributed by atoms with Crippen LogP contribution in [0.2, 0.25) is 0 Å². The molecule has 1 aromatic rings. The summed E-state index contributed by atoms with van der Waals surface area (Å²) in [6, 6.07) is 9.69. The van der Waals surface area contributed by atoms with Crippen molar-refractivity contribution in [2.75, 3.05) is 26.3 Å². The van der Waals surface area contributed by atoms with Crippen molar-refractivity contribution >= 4 is 0 Å². The lowest BCUT2D eigenvalue weighted by atomic mass is 9.86. The summed E-state index contributed by atoms with van der Waals surface area (Å²) in [6.07, 6.45) is 5.11. The Morgan fingerprint density at radius 1 is 1.00 bits per heavy atom. The van der Waals surface area contributed by atoms with Crippen LogP contribution < -0.4 is 0 Å². The van der Waals surface area contributed by atoms with E-state index in [0.717, 1.165) is 25.2 Å². The molecule has 2 aliphatic heterocycles. The molecule has 0 aliphatic carbocycles. The first-order valence-electron chi connectivity index (χ1n) is 7.72. The minimum absolute atomic E-state index is 0.775. The maximum Gasteiger partial charge on any atom is 0.0480 e. The molecular weight excluding hydrogens is 234 g/mol. The van der Waals surface area contributed by atoms with Gasteiger partial charge in [0.25, 0.3) is 0 Å². The predicted octanol–water partition coefficient (Wildman–Crippen LogP) is 3.35. The third-order valence-corrected chi connectivity index (χ3v) is 4.87. The maximum atomic E-state index is 5.47. The van der Waals surface area contributed by atoms with Crippen LogP contribution >= 0.6 is 0 Å². The minimum Gasteiger partial charge on any atom is -0.381 e. The molecule has 0 aromatic heterocycles.